The highest BCUT2D eigenvalue weighted by Crippen LogP contribution is 2.24. The van der Waals surface area contributed by atoms with Crippen LogP contribution < -0.4 is 4.90 Å². The molecule has 0 radical (unpaired) electrons. The fourth-order valence-electron chi connectivity index (χ4n) is 3.09. The topological polar surface area (TPSA) is 62.5 Å². The van der Waals surface area contributed by atoms with Crippen LogP contribution in [-0.2, 0) is 11.2 Å². The molecule has 0 aliphatic carbocycles. The highest BCUT2D eigenvalue weighted by atomic mass is 32.1. The number of carbonyl (C=O) groups is 1. The van der Waals surface area contributed by atoms with E-state index in [9.17, 15) is 4.79 Å². The Hall–Kier alpha value is -2.67. The highest BCUT2D eigenvalue weighted by Gasteiger charge is 2.21. The van der Waals surface area contributed by atoms with Crippen molar-refractivity contribution in [3.8, 4) is 11.4 Å². The van der Waals surface area contributed by atoms with Gasteiger partial charge in [0.25, 0.3) is 0 Å². The molecule has 1 aliphatic rings. The largest absolute Gasteiger partial charge is 0.472 e. The second-order valence-corrected chi connectivity index (χ2v) is 7.03. The van der Waals surface area contributed by atoms with Crippen LogP contribution in [0.25, 0.3) is 11.4 Å². The molecule has 0 N–H and O–H groups in total. The summed E-state index contributed by atoms with van der Waals surface area (Å²) in [6.45, 7) is 3.15. The van der Waals surface area contributed by atoms with Crippen molar-refractivity contribution in [3.05, 3.63) is 54.5 Å². The van der Waals surface area contributed by atoms with Crippen LogP contribution in [0.3, 0.4) is 0 Å². The van der Waals surface area contributed by atoms with Crippen LogP contribution in [0.2, 0.25) is 0 Å². The van der Waals surface area contributed by atoms with Crippen molar-refractivity contribution < 1.29 is 9.21 Å². The number of hydrogen-bond donors (Lipinski definition) is 0. The Morgan fingerprint density at radius 2 is 2.00 bits per heavy atom. The number of carbonyl (C=O) groups excluding carboxylic acids is 1. The van der Waals surface area contributed by atoms with Gasteiger partial charge in [-0.05, 0) is 18.1 Å². The van der Waals surface area contributed by atoms with Crippen molar-refractivity contribution in [3.63, 3.8) is 0 Å². The van der Waals surface area contributed by atoms with Crippen LogP contribution in [-0.4, -0.2) is 46.3 Å². The minimum absolute atomic E-state index is 0.149. The molecule has 0 atom stereocenters. The van der Waals surface area contributed by atoms with Gasteiger partial charge in [-0.3, -0.25) is 4.79 Å². The Bertz CT molecular complexity index is 848. The maximum atomic E-state index is 12.5. The van der Waals surface area contributed by atoms with E-state index in [2.05, 4.69) is 9.27 Å². The van der Waals surface area contributed by atoms with Crippen molar-refractivity contribution >= 4 is 22.6 Å². The number of aromatic nitrogens is 2. The number of furan rings is 1. The zero-order valence-electron chi connectivity index (χ0n) is 14.4. The van der Waals surface area contributed by atoms with E-state index in [4.69, 9.17) is 9.40 Å². The number of nitrogens with zero attached hydrogens (tertiary/aromatic N) is 4. The van der Waals surface area contributed by atoms with Gasteiger partial charge in [-0.1, -0.05) is 30.3 Å². The molecule has 134 valence electrons. The first-order valence-corrected chi connectivity index (χ1v) is 9.50. The molecule has 1 aromatic carbocycles. The Morgan fingerprint density at radius 1 is 1.12 bits per heavy atom. The van der Waals surface area contributed by atoms with E-state index in [1.807, 2.05) is 41.3 Å². The highest BCUT2D eigenvalue weighted by molar-refractivity contribution is 7.09. The summed E-state index contributed by atoms with van der Waals surface area (Å²) >= 11 is 1.42. The summed E-state index contributed by atoms with van der Waals surface area (Å²) in [6, 6.07) is 11.8. The van der Waals surface area contributed by atoms with Crippen LogP contribution >= 0.6 is 11.5 Å². The van der Waals surface area contributed by atoms with Gasteiger partial charge in [-0.2, -0.15) is 9.36 Å². The van der Waals surface area contributed by atoms with Gasteiger partial charge in [0.15, 0.2) is 5.82 Å². The van der Waals surface area contributed by atoms with E-state index in [1.165, 1.54) is 11.5 Å². The van der Waals surface area contributed by atoms with E-state index in [1.54, 1.807) is 12.5 Å². The Kier molecular flexibility index (Phi) is 4.97. The molecule has 7 heteroatoms. The van der Waals surface area contributed by atoms with Gasteiger partial charge in [-0.25, -0.2) is 0 Å². The second-order valence-electron chi connectivity index (χ2n) is 6.30. The maximum Gasteiger partial charge on any atom is 0.227 e. The summed E-state index contributed by atoms with van der Waals surface area (Å²) < 4.78 is 9.54. The molecular formula is C19H20N4O2S. The first kappa shape index (κ1) is 16.8. The summed E-state index contributed by atoms with van der Waals surface area (Å²) in [5.41, 5.74) is 1.95. The first-order valence-electron chi connectivity index (χ1n) is 8.72. The lowest BCUT2D eigenvalue weighted by atomic mass is 10.2. The minimum Gasteiger partial charge on any atom is -0.472 e. The van der Waals surface area contributed by atoms with Crippen LogP contribution in [0.4, 0.5) is 5.13 Å². The fraction of sp³-hybridized carbons (Fsp3) is 0.316. The molecule has 0 bridgehead atoms. The second kappa shape index (κ2) is 7.70. The average Bonchev–Trinajstić information content (AvgIpc) is 3.30. The van der Waals surface area contributed by atoms with E-state index in [-0.39, 0.29) is 5.91 Å². The monoisotopic (exact) mass is 368 g/mol. The molecule has 0 saturated carbocycles. The number of rotatable bonds is 4. The molecule has 3 heterocycles. The van der Waals surface area contributed by atoms with E-state index < -0.39 is 0 Å². The van der Waals surface area contributed by atoms with Crippen molar-refractivity contribution in [1.29, 1.82) is 0 Å². The van der Waals surface area contributed by atoms with Gasteiger partial charge >= 0.3 is 0 Å². The SMILES string of the molecule is O=C(Cc1ccoc1)N1CCCN(c2nc(-c3ccccc3)ns2)CC1. The van der Waals surface area contributed by atoms with Crippen molar-refractivity contribution in [2.75, 3.05) is 31.1 Å². The molecule has 26 heavy (non-hydrogen) atoms. The molecule has 0 spiro atoms. The van der Waals surface area contributed by atoms with Crippen LogP contribution in [0.1, 0.15) is 12.0 Å². The summed E-state index contributed by atoms with van der Waals surface area (Å²) in [4.78, 5) is 21.4. The Labute approximate surface area is 156 Å². The maximum absolute atomic E-state index is 12.5. The van der Waals surface area contributed by atoms with Crippen LogP contribution in [0.15, 0.2) is 53.3 Å². The fourth-order valence-corrected chi connectivity index (χ4v) is 3.83. The van der Waals surface area contributed by atoms with E-state index >= 15 is 0 Å². The zero-order chi connectivity index (χ0) is 17.8. The predicted octanol–water partition coefficient (Wildman–Crippen LogP) is 3.08. The normalized spacial score (nSPS) is 15.1. The Morgan fingerprint density at radius 3 is 2.81 bits per heavy atom. The molecule has 1 saturated heterocycles. The van der Waals surface area contributed by atoms with Gasteiger partial charge in [0.2, 0.25) is 11.0 Å². The lowest BCUT2D eigenvalue weighted by Gasteiger charge is -2.21. The number of benzene rings is 1. The third kappa shape index (κ3) is 3.77. The molecular weight excluding hydrogens is 348 g/mol. The number of hydrogen-bond acceptors (Lipinski definition) is 6. The first-order chi connectivity index (χ1) is 12.8. The number of anilines is 1. The summed E-state index contributed by atoms with van der Waals surface area (Å²) in [5.74, 6) is 0.915. The summed E-state index contributed by atoms with van der Waals surface area (Å²) in [5, 5.41) is 0.924. The smallest absolute Gasteiger partial charge is 0.227 e. The van der Waals surface area contributed by atoms with Crippen molar-refractivity contribution in [2.24, 2.45) is 0 Å². The van der Waals surface area contributed by atoms with Gasteiger partial charge in [0.05, 0.1) is 18.9 Å². The van der Waals surface area contributed by atoms with Crippen molar-refractivity contribution in [1.82, 2.24) is 14.3 Å². The van der Waals surface area contributed by atoms with Gasteiger partial charge < -0.3 is 14.2 Å². The Balaban J connectivity index is 1.39. The van der Waals surface area contributed by atoms with Gasteiger partial charge in [0, 0.05) is 43.3 Å². The minimum atomic E-state index is 0.149. The van der Waals surface area contributed by atoms with Gasteiger partial charge in [0.1, 0.15) is 0 Å². The standard InChI is InChI=1S/C19H20N4O2S/c24-17(13-15-7-12-25-14-15)22-8-4-9-23(11-10-22)19-20-18(21-26-19)16-5-2-1-3-6-16/h1-3,5-7,12,14H,4,8-11,13H2. The number of amides is 1. The average molecular weight is 368 g/mol. The molecule has 1 fully saturated rings. The third-order valence-electron chi connectivity index (χ3n) is 4.50. The van der Waals surface area contributed by atoms with E-state index in [0.29, 0.717) is 13.0 Å². The molecule has 1 aliphatic heterocycles. The summed E-state index contributed by atoms with van der Waals surface area (Å²) in [6.07, 6.45) is 4.56. The lowest BCUT2D eigenvalue weighted by molar-refractivity contribution is -0.130. The van der Waals surface area contributed by atoms with Gasteiger partial charge in [-0.15, -0.1) is 0 Å². The molecule has 3 aromatic rings. The summed E-state index contributed by atoms with van der Waals surface area (Å²) in [7, 11) is 0. The molecule has 2 aromatic heterocycles. The van der Waals surface area contributed by atoms with Crippen LogP contribution in [0, 0.1) is 0 Å². The molecule has 0 unspecified atom stereocenters. The lowest BCUT2D eigenvalue weighted by Crippen LogP contribution is -2.36. The molecule has 4 rings (SSSR count). The van der Waals surface area contributed by atoms with E-state index in [0.717, 1.165) is 48.1 Å². The van der Waals surface area contributed by atoms with Crippen LogP contribution in [0.5, 0.6) is 0 Å². The molecule has 1 amide bonds. The third-order valence-corrected chi connectivity index (χ3v) is 5.28. The quantitative estimate of drug-likeness (QED) is 0.708. The molecule has 6 nitrogen and oxygen atoms in total. The predicted molar refractivity (Wildman–Crippen MR) is 101 cm³/mol. The zero-order valence-corrected chi connectivity index (χ0v) is 15.2. The van der Waals surface area contributed by atoms with Crippen molar-refractivity contribution in [2.45, 2.75) is 12.8 Å².